The summed E-state index contributed by atoms with van der Waals surface area (Å²) in [5, 5.41) is 9.53. The zero-order valence-electron chi connectivity index (χ0n) is 17.0. The third-order valence-electron chi connectivity index (χ3n) is 4.31. The Hall–Kier alpha value is -2.16. The van der Waals surface area contributed by atoms with Crippen molar-refractivity contribution in [1.82, 2.24) is 9.21 Å². The van der Waals surface area contributed by atoms with Gasteiger partial charge in [0.1, 0.15) is 11.6 Å². The van der Waals surface area contributed by atoms with Crippen LogP contribution in [0.4, 0.5) is 4.79 Å². The van der Waals surface area contributed by atoms with Crippen molar-refractivity contribution in [3.05, 3.63) is 23.8 Å². The highest BCUT2D eigenvalue weighted by molar-refractivity contribution is 7.91. The molecule has 0 unspecified atom stereocenters. The third kappa shape index (κ3) is 5.26. The Kier molecular flexibility index (Phi) is 6.32. The molecule has 2 rings (SSSR count). The van der Waals surface area contributed by atoms with Crippen molar-refractivity contribution in [2.45, 2.75) is 49.1 Å². The van der Waals surface area contributed by atoms with Gasteiger partial charge in [-0.25, -0.2) is 21.6 Å². The van der Waals surface area contributed by atoms with Crippen LogP contribution in [0.5, 0.6) is 0 Å². The number of ether oxygens (including phenoxy) is 1. The highest BCUT2D eigenvalue weighted by Crippen LogP contribution is 2.27. The molecule has 29 heavy (non-hydrogen) atoms. The molecule has 0 radical (unpaired) electrons. The topological polar surface area (TPSA) is 125 Å². The Bertz CT molecular complexity index is 1050. The van der Waals surface area contributed by atoms with Crippen LogP contribution in [-0.2, 0) is 24.6 Å². The van der Waals surface area contributed by atoms with Crippen molar-refractivity contribution in [3.8, 4) is 6.07 Å². The molecule has 0 bridgehead atoms. The fraction of sp³-hybridized carbons (Fsp3) is 0.556. The molecule has 11 heteroatoms. The number of nitrogens with zero attached hydrogens (tertiary/aromatic N) is 3. The van der Waals surface area contributed by atoms with Gasteiger partial charge in [0.05, 0.1) is 22.4 Å². The molecule has 9 nitrogen and oxygen atoms in total. The number of sulfonamides is 1. The fourth-order valence-corrected chi connectivity index (χ4v) is 5.36. The van der Waals surface area contributed by atoms with Gasteiger partial charge in [0, 0.05) is 19.3 Å². The maximum absolute atomic E-state index is 13.2. The number of sulfone groups is 1. The number of carbonyl (C=O) groups is 1. The van der Waals surface area contributed by atoms with Gasteiger partial charge in [-0.15, -0.1) is 0 Å². The summed E-state index contributed by atoms with van der Waals surface area (Å²) in [7, 11) is -7.76. The minimum absolute atomic E-state index is 0.0527. The molecule has 1 heterocycles. The summed E-state index contributed by atoms with van der Waals surface area (Å²) in [5.41, 5.74) is -0.352. The molecule has 1 amide bonds. The first-order valence-corrected chi connectivity index (χ1v) is 12.2. The standard InChI is InChI=1S/C18H25N3O6S2/c1-13-6-7-15(28(5,23)24)10-16(13)29(25,26)21-9-8-20(12-14(21)11-19)17(22)27-18(2,3)4/h6-7,10,14H,8-9,12H2,1-5H3/t14-/m0/s1. The summed E-state index contributed by atoms with van der Waals surface area (Å²) in [4.78, 5) is 13.3. The van der Waals surface area contributed by atoms with Gasteiger partial charge in [0.15, 0.2) is 9.84 Å². The van der Waals surface area contributed by atoms with E-state index in [1.54, 1.807) is 27.7 Å². The normalized spacial score (nSPS) is 18.9. The lowest BCUT2D eigenvalue weighted by Gasteiger charge is -2.38. The van der Waals surface area contributed by atoms with E-state index in [1.165, 1.54) is 17.0 Å². The Balaban J connectivity index is 2.35. The van der Waals surface area contributed by atoms with Gasteiger partial charge in [-0.05, 0) is 45.4 Å². The summed E-state index contributed by atoms with van der Waals surface area (Å²) >= 11 is 0. The van der Waals surface area contributed by atoms with Gasteiger partial charge in [-0.1, -0.05) is 6.07 Å². The monoisotopic (exact) mass is 443 g/mol. The molecule has 160 valence electrons. The number of aryl methyl sites for hydroxylation is 1. The molecule has 0 aromatic heterocycles. The summed E-state index contributed by atoms with van der Waals surface area (Å²) in [6.45, 7) is 6.49. The van der Waals surface area contributed by atoms with Crippen LogP contribution in [0.3, 0.4) is 0 Å². The second-order valence-corrected chi connectivity index (χ2v) is 11.8. The zero-order chi connectivity index (χ0) is 22.2. The predicted molar refractivity (Wildman–Crippen MR) is 105 cm³/mol. The van der Waals surface area contributed by atoms with E-state index in [1.807, 2.05) is 6.07 Å². The van der Waals surface area contributed by atoms with E-state index >= 15 is 0 Å². The maximum Gasteiger partial charge on any atom is 0.410 e. The molecular weight excluding hydrogens is 418 g/mol. The molecule has 1 atom stereocenters. The lowest BCUT2D eigenvalue weighted by Crippen LogP contribution is -2.56. The Morgan fingerprint density at radius 1 is 1.21 bits per heavy atom. The summed E-state index contributed by atoms with van der Waals surface area (Å²) in [6.07, 6.45) is 0.371. The first-order valence-electron chi connectivity index (χ1n) is 8.87. The number of carbonyl (C=O) groups excluding carboxylic acids is 1. The van der Waals surface area contributed by atoms with Gasteiger partial charge < -0.3 is 9.64 Å². The van der Waals surface area contributed by atoms with E-state index in [9.17, 15) is 26.9 Å². The SMILES string of the molecule is Cc1ccc(S(C)(=O)=O)cc1S(=O)(=O)N1CCN(C(=O)OC(C)(C)C)C[C@@H]1C#N. The van der Waals surface area contributed by atoms with Crippen molar-refractivity contribution >= 4 is 26.0 Å². The highest BCUT2D eigenvalue weighted by atomic mass is 32.2. The van der Waals surface area contributed by atoms with Gasteiger partial charge in [-0.3, -0.25) is 0 Å². The average molecular weight is 444 g/mol. The van der Waals surface area contributed by atoms with E-state index in [4.69, 9.17) is 4.74 Å². The fourth-order valence-electron chi connectivity index (χ4n) is 2.87. The van der Waals surface area contributed by atoms with E-state index in [0.717, 1.165) is 16.6 Å². The number of hydrogen-bond donors (Lipinski definition) is 0. The highest BCUT2D eigenvalue weighted by Gasteiger charge is 2.39. The van der Waals surface area contributed by atoms with Gasteiger partial charge in [0.25, 0.3) is 0 Å². The largest absolute Gasteiger partial charge is 0.444 e. The van der Waals surface area contributed by atoms with Gasteiger partial charge in [-0.2, -0.15) is 9.57 Å². The molecule has 0 aliphatic carbocycles. The Morgan fingerprint density at radius 2 is 1.83 bits per heavy atom. The molecular formula is C18H25N3O6S2. The van der Waals surface area contributed by atoms with E-state index in [0.29, 0.717) is 5.56 Å². The van der Waals surface area contributed by atoms with E-state index in [-0.39, 0.29) is 29.4 Å². The second-order valence-electron chi connectivity index (χ2n) is 7.89. The molecule has 0 N–H and O–H groups in total. The molecule has 1 saturated heterocycles. The third-order valence-corrected chi connectivity index (χ3v) is 7.47. The molecule has 1 aromatic rings. The number of benzene rings is 1. The maximum atomic E-state index is 13.2. The summed E-state index contributed by atoms with van der Waals surface area (Å²) < 4.78 is 56.4. The quantitative estimate of drug-likeness (QED) is 0.693. The van der Waals surface area contributed by atoms with Crippen LogP contribution in [0.2, 0.25) is 0 Å². The molecule has 1 aliphatic rings. The van der Waals surface area contributed by atoms with Gasteiger partial charge in [0.2, 0.25) is 10.0 Å². The van der Waals surface area contributed by atoms with Crippen LogP contribution in [0.25, 0.3) is 0 Å². The van der Waals surface area contributed by atoms with Crippen LogP contribution in [0.1, 0.15) is 26.3 Å². The molecule has 0 saturated carbocycles. The van der Waals surface area contributed by atoms with Crippen LogP contribution in [0, 0.1) is 18.3 Å². The van der Waals surface area contributed by atoms with E-state index < -0.39 is 37.6 Å². The minimum atomic E-state index is -4.15. The number of piperazine rings is 1. The van der Waals surface area contributed by atoms with Crippen molar-refractivity contribution in [3.63, 3.8) is 0 Å². The number of nitriles is 1. The first kappa shape index (κ1) is 23.1. The Morgan fingerprint density at radius 3 is 2.34 bits per heavy atom. The number of amides is 1. The van der Waals surface area contributed by atoms with Crippen molar-refractivity contribution < 1.29 is 26.4 Å². The smallest absolute Gasteiger partial charge is 0.410 e. The van der Waals surface area contributed by atoms with Crippen LogP contribution in [-0.4, -0.2) is 69.7 Å². The summed E-state index contributed by atoms with van der Waals surface area (Å²) in [6, 6.07) is 4.66. The van der Waals surface area contributed by atoms with Crippen molar-refractivity contribution in [2.75, 3.05) is 25.9 Å². The molecule has 1 aromatic carbocycles. The summed E-state index contributed by atoms with van der Waals surface area (Å²) in [5.74, 6) is 0. The second kappa shape index (κ2) is 7.93. The van der Waals surface area contributed by atoms with Crippen molar-refractivity contribution in [2.24, 2.45) is 0 Å². The van der Waals surface area contributed by atoms with Crippen molar-refractivity contribution in [1.29, 1.82) is 5.26 Å². The molecule has 0 spiro atoms. The lowest BCUT2D eigenvalue weighted by molar-refractivity contribution is 0.0162. The van der Waals surface area contributed by atoms with Crippen LogP contribution in [0.15, 0.2) is 28.0 Å². The average Bonchev–Trinajstić information content (AvgIpc) is 2.58. The molecule has 1 aliphatic heterocycles. The Labute approximate surface area is 171 Å². The van der Waals surface area contributed by atoms with Crippen LogP contribution < -0.4 is 0 Å². The van der Waals surface area contributed by atoms with E-state index in [2.05, 4.69) is 0 Å². The number of hydrogen-bond acceptors (Lipinski definition) is 7. The molecule has 1 fully saturated rings. The predicted octanol–water partition coefficient (Wildman–Crippen LogP) is 1.53. The number of rotatable bonds is 3. The zero-order valence-corrected chi connectivity index (χ0v) is 18.7. The van der Waals surface area contributed by atoms with Crippen LogP contribution >= 0.6 is 0 Å². The lowest BCUT2D eigenvalue weighted by atomic mass is 10.2. The first-order chi connectivity index (χ1) is 13.2. The minimum Gasteiger partial charge on any atom is -0.444 e. The van der Waals surface area contributed by atoms with Gasteiger partial charge >= 0.3 is 6.09 Å².